The Labute approximate surface area is 131 Å². The first-order chi connectivity index (χ1) is 8.69. The van der Waals surface area contributed by atoms with E-state index in [-0.39, 0.29) is 24.0 Å². The second-order valence-corrected chi connectivity index (χ2v) is 4.35. The van der Waals surface area contributed by atoms with Crippen molar-refractivity contribution in [3.63, 3.8) is 0 Å². The van der Waals surface area contributed by atoms with Crippen LogP contribution in [0.1, 0.15) is 16.8 Å². The maximum atomic E-state index is 5.14. The summed E-state index contributed by atoms with van der Waals surface area (Å²) in [5.41, 5.74) is 3.62. The fourth-order valence-electron chi connectivity index (χ4n) is 1.76. The summed E-state index contributed by atoms with van der Waals surface area (Å²) >= 11 is 0. The SMILES string of the molecule is COc1ccc(/C=C/c2cc(C)cc[n+]2C)cc1.[I-]. The van der Waals surface area contributed by atoms with Gasteiger partial charge in [0.2, 0.25) is 5.69 Å². The van der Waals surface area contributed by atoms with Crippen molar-refractivity contribution in [3.8, 4) is 5.75 Å². The van der Waals surface area contributed by atoms with E-state index in [1.807, 2.05) is 31.3 Å². The van der Waals surface area contributed by atoms with Crippen LogP contribution in [0.15, 0.2) is 42.6 Å². The number of ether oxygens (including phenoxy) is 1. The molecule has 0 saturated carbocycles. The maximum Gasteiger partial charge on any atom is 0.205 e. The molecule has 19 heavy (non-hydrogen) atoms. The number of methoxy groups -OCH3 is 1. The van der Waals surface area contributed by atoms with Crippen LogP contribution < -0.4 is 33.3 Å². The Morgan fingerprint density at radius 1 is 1.05 bits per heavy atom. The van der Waals surface area contributed by atoms with Gasteiger partial charge in [0.25, 0.3) is 0 Å². The number of pyridine rings is 1. The summed E-state index contributed by atoms with van der Waals surface area (Å²) < 4.78 is 7.24. The Morgan fingerprint density at radius 3 is 2.37 bits per heavy atom. The molecule has 0 fully saturated rings. The van der Waals surface area contributed by atoms with Crippen molar-refractivity contribution in [2.45, 2.75) is 6.92 Å². The van der Waals surface area contributed by atoms with E-state index in [0.29, 0.717) is 0 Å². The Morgan fingerprint density at radius 2 is 1.74 bits per heavy atom. The zero-order chi connectivity index (χ0) is 13.0. The molecule has 0 spiro atoms. The highest BCUT2D eigenvalue weighted by molar-refractivity contribution is 5.67. The maximum absolute atomic E-state index is 5.14. The summed E-state index contributed by atoms with van der Waals surface area (Å²) in [5.74, 6) is 0.883. The predicted molar refractivity (Wildman–Crippen MR) is 74.3 cm³/mol. The molecule has 0 radical (unpaired) electrons. The minimum absolute atomic E-state index is 0. The van der Waals surface area contributed by atoms with Crippen LogP contribution in [0.2, 0.25) is 0 Å². The number of nitrogens with zero attached hydrogens (tertiary/aromatic N) is 1. The van der Waals surface area contributed by atoms with Crippen LogP contribution in [-0.4, -0.2) is 7.11 Å². The second kappa shape index (κ2) is 7.28. The van der Waals surface area contributed by atoms with E-state index in [0.717, 1.165) is 11.3 Å². The third-order valence-electron chi connectivity index (χ3n) is 2.91. The summed E-state index contributed by atoms with van der Waals surface area (Å²) in [7, 11) is 3.73. The molecule has 0 atom stereocenters. The summed E-state index contributed by atoms with van der Waals surface area (Å²) in [6.45, 7) is 2.10. The molecule has 1 heterocycles. The third-order valence-corrected chi connectivity index (χ3v) is 2.91. The minimum atomic E-state index is 0. The number of aromatic nitrogens is 1. The summed E-state index contributed by atoms with van der Waals surface area (Å²) in [6, 6.07) is 12.3. The Kier molecular flexibility index (Phi) is 6.02. The Bertz CT molecular complexity index is 561. The lowest BCUT2D eigenvalue weighted by Gasteiger charge is -1.99. The van der Waals surface area contributed by atoms with Crippen molar-refractivity contribution >= 4 is 12.2 Å². The molecule has 0 amide bonds. The van der Waals surface area contributed by atoms with Gasteiger partial charge in [-0.1, -0.05) is 12.1 Å². The third kappa shape index (κ3) is 4.35. The lowest BCUT2D eigenvalue weighted by molar-refractivity contribution is -0.673. The van der Waals surface area contributed by atoms with Gasteiger partial charge in [-0.2, -0.15) is 0 Å². The molecule has 0 aliphatic carbocycles. The van der Waals surface area contributed by atoms with E-state index >= 15 is 0 Å². The first-order valence-electron chi connectivity index (χ1n) is 5.97. The average Bonchev–Trinajstić information content (AvgIpc) is 2.40. The molecule has 0 aliphatic rings. The van der Waals surface area contributed by atoms with Gasteiger partial charge in [-0.15, -0.1) is 0 Å². The van der Waals surface area contributed by atoms with Gasteiger partial charge in [0.15, 0.2) is 6.20 Å². The van der Waals surface area contributed by atoms with Gasteiger partial charge in [-0.3, -0.25) is 0 Å². The molecular formula is C16H18INO. The van der Waals surface area contributed by atoms with E-state index in [2.05, 4.69) is 42.0 Å². The monoisotopic (exact) mass is 367 g/mol. The smallest absolute Gasteiger partial charge is 0.205 e. The number of hydrogen-bond acceptors (Lipinski definition) is 1. The zero-order valence-electron chi connectivity index (χ0n) is 11.4. The molecule has 0 unspecified atom stereocenters. The van der Waals surface area contributed by atoms with Crippen molar-refractivity contribution in [2.24, 2.45) is 7.05 Å². The normalized spacial score (nSPS) is 10.3. The van der Waals surface area contributed by atoms with Crippen LogP contribution >= 0.6 is 0 Å². The van der Waals surface area contributed by atoms with Crippen molar-refractivity contribution in [1.29, 1.82) is 0 Å². The van der Waals surface area contributed by atoms with Crippen LogP contribution in [-0.2, 0) is 7.05 Å². The molecule has 0 bridgehead atoms. The van der Waals surface area contributed by atoms with Crippen LogP contribution in [0, 0.1) is 6.92 Å². The first-order valence-corrected chi connectivity index (χ1v) is 5.97. The summed E-state index contributed by atoms with van der Waals surface area (Å²) in [6.07, 6.45) is 6.30. The average molecular weight is 367 g/mol. The van der Waals surface area contributed by atoms with E-state index < -0.39 is 0 Å². The highest BCUT2D eigenvalue weighted by Gasteiger charge is 2.01. The minimum Gasteiger partial charge on any atom is -1.00 e. The van der Waals surface area contributed by atoms with E-state index in [1.165, 1.54) is 11.3 Å². The Hall–Kier alpha value is -1.36. The van der Waals surface area contributed by atoms with Gasteiger partial charge in [0.1, 0.15) is 12.8 Å². The summed E-state index contributed by atoms with van der Waals surface area (Å²) in [5, 5.41) is 0. The molecule has 2 rings (SSSR count). The van der Waals surface area contributed by atoms with Crippen LogP contribution in [0.25, 0.3) is 12.2 Å². The number of halogens is 1. The van der Waals surface area contributed by atoms with Crippen LogP contribution in [0.3, 0.4) is 0 Å². The standard InChI is InChI=1S/C16H18NO.HI/c1-13-10-11-17(2)15(12-13)7-4-14-5-8-16(18-3)9-6-14;/h4-12H,1-3H3;1H/q+1;/p-1/b7-4+;. The first kappa shape index (κ1) is 15.7. The van der Waals surface area contributed by atoms with Gasteiger partial charge >= 0.3 is 0 Å². The topological polar surface area (TPSA) is 13.1 Å². The fraction of sp³-hybridized carbons (Fsp3) is 0.188. The molecule has 1 aromatic carbocycles. The van der Waals surface area contributed by atoms with Crippen molar-refractivity contribution in [3.05, 3.63) is 59.4 Å². The van der Waals surface area contributed by atoms with Gasteiger partial charge in [-0.25, -0.2) is 4.57 Å². The number of benzene rings is 1. The predicted octanol–water partition coefficient (Wildman–Crippen LogP) is 0.00252. The van der Waals surface area contributed by atoms with Crippen molar-refractivity contribution in [2.75, 3.05) is 7.11 Å². The van der Waals surface area contributed by atoms with Crippen LogP contribution in [0.4, 0.5) is 0 Å². The van der Waals surface area contributed by atoms with Gasteiger partial charge in [0, 0.05) is 18.2 Å². The van der Waals surface area contributed by atoms with Gasteiger partial charge < -0.3 is 28.7 Å². The highest BCUT2D eigenvalue weighted by atomic mass is 127. The lowest BCUT2D eigenvalue weighted by Crippen LogP contribution is -3.00. The summed E-state index contributed by atoms with van der Waals surface area (Å²) in [4.78, 5) is 0. The largest absolute Gasteiger partial charge is 1.00 e. The van der Waals surface area contributed by atoms with Crippen LogP contribution in [0.5, 0.6) is 5.75 Å². The quantitative estimate of drug-likeness (QED) is 0.550. The number of aryl methyl sites for hydroxylation is 2. The Balaban J connectivity index is 0.00000180. The molecule has 3 heteroatoms. The fourth-order valence-corrected chi connectivity index (χ4v) is 1.76. The molecule has 0 N–H and O–H groups in total. The van der Waals surface area contributed by atoms with E-state index in [1.54, 1.807) is 7.11 Å². The number of rotatable bonds is 3. The van der Waals surface area contributed by atoms with E-state index in [9.17, 15) is 0 Å². The molecular weight excluding hydrogens is 349 g/mol. The van der Waals surface area contributed by atoms with Crippen molar-refractivity contribution < 1.29 is 33.3 Å². The molecule has 2 aromatic rings. The molecule has 1 aromatic heterocycles. The lowest BCUT2D eigenvalue weighted by atomic mass is 10.1. The number of hydrogen-bond donors (Lipinski definition) is 0. The van der Waals surface area contributed by atoms with Crippen molar-refractivity contribution in [1.82, 2.24) is 0 Å². The molecule has 2 nitrogen and oxygen atoms in total. The zero-order valence-corrected chi connectivity index (χ0v) is 13.6. The van der Waals surface area contributed by atoms with E-state index in [4.69, 9.17) is 4.74 Å². The molecule has 0 saturated heterocycles. The van der Waals surface area contributed by atoms with Gasteiger partial charge in [0.05, 0.1) is 7.11 Å². The van der Waals surface area contributed by atoms with Gasteiger partial charge in [-0.05, 0) is 36.3 Å². The highest BCUT2D eigenvalue weighted by Crippen LogP contribution is 2.13. The second-order valence-electron chi connectivity index (χ2n) is 4.35. The molecule has 100 valence electrons. The molecule has 0 aliphatic heterocycles.